The summed E-state index contributed by atoms with van der Waals surface area (Å²) in [5.74, 6) is -1.27. The highest BCUT2D eigenvalue weighted by Gasteiger charge is 2.29. The maximum atomic E-state index is 13.9. The first-order chi connectivity index (χ1) is 14.8. The Hall–Kier alpha value is -3.24. The second-order valence-electron chi connectivity index (χ2n) is 6.36. The van der Waals surface area contributed by atoms with Crippen LogP contribution in [0.2, 0.25) is 5.02 Å². The molecule has 4 rings (SSSR count). The van der Waals surface area contributed by atoms with Gasteiger partial charge in [-0.1, -0.05) is 23.7 Å². The molecule has 1 aromatic carbocycles. The van der Waals surface area contributed by atoms with Crippen LogP contribution >= 0.6 is 22.9 Å². The number of nitrogens with zero attached hydrogens (tertiary/aromatic N) is 4. The van der Waals surface area contributed by atoms with Crippen LogP contribution in [0.5, 0.6) is 0 Å². The van der Waals surface area contributed by atoms with Gasteiger partial charge in [-0.2, -0.15) is 5.10 Å². The topological polar surface area (TPSA) is 72.7 Å². The Morgan fingerprint density at radius 3 is 2.71 bits per heavy atom. The van der Waals surface area contributed by atoms with Crippen molar-refractivity contribution in [2.75, 3.05) is 5.32 Å². The molecule has 0 spiro atoms. The van der Waals surface area contributed by atoms with Gasteiger partial charge in [0, 0.05) is 17.6 Å². The molecule has 0 atom stereocenters. The van der Waals surface area contributed by atoms with Crippen molar-refractivity contribution in [1.82, 2.24) is 19.7 Å². The highest BCUT2D eigenvalue weighted by molar-refractivity contribution is 7.14. The molecular weight excluding hydrogens is 451 g/mol. The van der Waals surface area contributed by atoms with E-state index in [1.54, 1.807) is 23.6 Å². The highest BCUT2D eigenvalue weighted by Crippen LogP contribution is 2.32. The lowest BCUT2D eigenvalue weighted by Crippen LogP contribution is -2.15. The molecule has 0 saturated carbocycles. The average Bonchev–Trinajstić information content (AvgIpc) is 3.32. The van der Waals surface area contributed by atoms with Gasteiger partial charge in [0.2, 0.25) is 0 Å². The molecule has 6 nitrogen and oxygen atoms in total. The summed E-state index contributed by atoms with van der Waals surface area (Å²) in [7, 11) is 0. The van der Waals surface area contributed by atoms with Gasteiger partial charge in [0.05, 0.1) is 27.7 Å². The molecular formula is C20H13ClF3N5OS. The minimum Gasteiger partial charge on any atom is -0.298 e. The zero-order valence-corrected chi connectivity index (χ0v) is 17.4. The lowest BCUT2D eigenvalue weighted by Gasteiger charge is -2.10. The number of rotatable bonds is 5. The van der Waals surface area contributed by atoms with Crippen LogP contribution in [-0.4, -0.2) is 25.7 Å². The number of aryl methyl sites for hydroxylation is 1. The number of nitrogens with one attached hydrogen (secondary N) is 1. The Bertz CT molecular complexity index is 1270. The standard InChI is InChI=1S/C20H13ClF3N5OS/c1-10-16(17(18(23)24)29(28-10)15-5-3-2-4-12(15)21)19(30)27-20-26-14(9-31-20)13-8-11(22)6-7-25-13/h2-9,18H,1H3,(H,26,27,30). The van der Waals surface area contributed by atoms with Crippen LogP contribution in [-0.2, 0) is 0 Å². The first-order valence-corrected chi connectivity index (χ1v) is 10.1. The van der Waals surface area contributed by atoms with E-state index >= 15 is 0 Å². The van der Waals surface area contributed by atoms with Crippen molar-refractivity contribution in [3.63, 3.8) is 0 Å². The van der Waals surface area contributed by atoms with E-state index in [4.69, 9.17) is 11.6 Å². The normalized spacial score (nSPS) is 11.2. The van der Waals surface area contributed by atoms with Gasteiger partial charge in [-0.3, -0.25) is 15.1 Å². The number of pyridine rings is 1. The monoisotopic (exact) mass is 463 g/mol. The quantitative estimate of drug-likeness (QED) is 0.413. The molecule has 1 amide bonds. The smallest absolute Gasteiger partial charge is 0.281 e. The number of alkyl halides is 2. The van der Waals surface area contributed by atoms with Crippen LogP contribution in [0.3, 0.4) is 0 Å². The molecule has 0 radical (unpaired) electrons. The summed E-state index contributed by atoms with van der Waals surface area (Å²) in [5, 5.41) is 8.55. The summed E-state index contributed by atoms with van der Waals surface area (Å²) in [6.45, 7) is 1.46. The molecule has 0 aliphatic rings. The van der Waals surface area contributed by atoms with Crippen molar-refractivity contribution in [3.8, 4) is 17.1 Å². The molecule has 158 valence electrons. The minimum atomic E-state index is -2.98. The van der Waals surface area contributed by atoms with E-state index < -0.39 is 23.8 Å². The van der Waals surface area contributed by atoms with Crippen molar-refractivity contribution >= 4 is 34.0 Å². The fourth-order valence-corrected chi connectivity index (χ4v) is 3.90. The number of aromatic nitrogens is 4. The van der Waals surface area contributed by atoms with Gasteiger partial charge in [0.1, 0.15) is 17.2 Å². The minimum absolute atomic E-state index is 0.108. The van der Waals surface area contributed by atoms with E-state index in [1.165, 1.54) is 31.3 Å². The van der Waals surface area contributed by atoms with Gasteiger partial charge >= 0.3 is 0 Å². The van der Waals surface area contributed by atoms with Gasteiger partial charge in [0.15, 0.2) is 5.13 Å². The maximum Gasteiger partial charge on any atom is 0.281 e. The number of hydrogen-bond donors (Lipinski definition) is 1. The molecule has 3 aromatic heterocycles. The predicted octanol–water partition coefficient (Wildman–Crippen LogP) is 5.68. The van der Waals surface area contributed by atoms with Gasteiger partial charge in [-0.25, -0.2) is 22.8 Å². The molecule has 0 bridgehead atoms. The SMILES string of the molecule is Cc1nn(-c2ccccc2Cl)c(C(F)F)c1C(=O)Nc1nc(-c2cc(F)ccn2)cs1. The molecule has 0 unspecified atom stereocenters. The molecule has 1 N–H and O–H groups in total. The van der Waals surface area contributed by atoms with Crippen LogP contribution in [0.25, 0.3) is 17.1 Å². The number of para-hydroxylation sites is 1. The van der Waals surface area contributed by atoms with Crippen LogP contribution in [0.15, 0.2) is 48.0 Å². The lowest BCUT2D eigenvalue weighted by atomic mass is 10.1. The second kappa shape index (κ2) is 8.48. The zero-order valence-electron chi connectivity index (χ0n) is 15.8. The number of carbonyl (C=O) groups excluding carboxylic acids is 1. The van der Waals surface area contributed by atoms with Crippen molar-refractivity contribution in [1.29, 1.82) is 0 Å². The van der Waals surface area contributed by atoms with E-state index in [2.05, 4.69) is 20.4 Å². The first-order valence-electron chi connectivity index (χ1n) is 8.86. The molecule has 0 fully saturated rings. The lowest BCUT2D eigenvalue weighted by molar-refractivity contribution is 0.100. The Kier molecular flexibility index (Phi) is 5.75. The fourth-order valence-electron chi connectivity index (χ4n) is 2.99. The average molecular weight is 464 g/mol. The summed E-state index contributed by atoms with van der Waals surface area (Å²) in [6, 6.07) is 8.76. The predicted molar refractivity (Wildman–Crippen MR) is 112 cm³/mol. The Labute approximate surface area is 183 Å². The summed E-state index contributed by atoms with van der Waals surface area (Å²) < 4.78 is 42.3. The Morgan fingerprint density at radius 2 is 2.00 bits per heavy atom. The number of anilines is 1. The summed E-state index contributed by atoms with van der Waals surface area (Å²) in [6.07, 6.45) is -1.69. The van der Waals surface area contributed by atoms with Crippen LogP contribution in [0.1, 0.15) is 28.2 Å². The van der Waals surface area contributed by atoms with Gasteiger partial charge < -0.3 is 0 Å². The Morgan fingerprint density at radius 1 is 1.23 bits per heavy atom. The molecule has 31 heavy (non-hydrogen) atoms. The number of carbonyl (C=O) groups is 1. The molecule has 11 heteroatoms. The highest BCUT2D eigenvalue weighted by atomic mass is 35.5. The van der Waals surface area contributed by atoms with Gasteiger partial charge in [-0.05, 0) is 25.1 Å². The molecule has 4 aromatic rings. The number of thiazole rings is 1. The summed E-state index contributed by atoms with van der Waals surface area (Å²) in [4.78, 5) is 21.1. The maximum absolute atomic E-state index is 13.9. The van der Waals surface area contributed by atoms with E-state index in [0.29, 0.717) is 5.69 Å². The summed E-state index contributed by atoms with van der Waals surface area (Å²) >= 11 is 7.19. The van der Waals surface area contributed by atoms with Crippen LogP contribution < -0.4 is 5.32 Å². The fraction of sp³-hybridized carbons (Fsp3) is 0.100. The summed E-state index contributed by atoms with van der Waals surface area (Å²) in [5.41, 5.74) is 0.124. The zero-order chi connectivity index (χ0) is 22.1. The number of hydrogen-bond acceptors (Lipinski definition) is 5. The number of benzene rings is 1. The largest absolute Gasteiger partial charge is 0.298 e. The first kappa shape index (κ1) is 21.0. The van der Waals surface area contributed by atoms with Crippen molar-refractivity contribution in [2.45, 2.75) is 13.3 Å². The molecule has 0 saturated heterocycles. The third kappa shape index (κ3) is 4.17. The van der Waals surface area contributed by atoms with Crippen molar-refractivity contribution in [3.05, 3.63) is 75.8 Å². The van der Waals surface area contributed by atoms with E-state index in [1.807, 2.05) is 0 Å². The molecule has 3 heterocycles. The molecule has 0 aliphatic carbocycles. The van der Waals surface area contributed by atoms with Crippen molar-refractivity contribution < 1.29 is 18.0 Å². The molecule has 0 aliphatic heterocycles. The number of amides is 1. The van der Waals surface area contributed by atoms with Crippen molar-refractivity contribution in [2.24, 2.45) is 0 Å². The van der Waals surface area contributed by atoms with Crippen LogP contribution in [0.4, 0.5) is 18.3 Å². The third-order valence-corrected chi connectivity index (χ3v) is 5.40. The Balaban J connectivity index is 1.67. The third-order valence-electron chi connectivity index (χ3n) is 4.32. The number of halogens is 4. The van der Waals surface area contributed by atoms with Crippen LogP contribution in [0, 0.1) is 12.7 Å². The van der Waals surface area contributed by atoms with Gasteiger partial charge in [0.25, 0.3) is 12.3 Å². The van der Waals surface area contributed by atoms with E-state index in [9.17, 15) is 18.0 Å². The second-order valence-corrected chi connectivity index (χ2v) is 7.63. The van der Waals surface area contributed by atoms with E-state index in [-0.39, 0.29) is 32.8 Å². The van der Waals surface area contributed by atoms with E-state index in [0.717, 1.165) is 16.0 Å². The van der Waals surface area contributed by atoms with Gasteiger partial charge in [-0.15, -0.1) is 11.3 Å².